The Labute approximate surface area is 273 Å². The van der Waals surface area contributed by atoms with Crippen LogP contribution in [0.3, 0.4) is 0 Å². The highest BCUT2D eigenvalue weighted by Crippen LogP contribution is 2.39. The standard InChI is InChI=1S/C31H34N4O13/c1-40-31-47-23-19(44-27(24(23)48-31)35-14-33-26(34-35)25(32)38)12-41-28(39)16-9-7-15(8-10-16)11-42-30-21(37)20(36)22-18(45-30)13-43-29(46-22)17-5-3-2-4-6-17/h2-10,14,18-24,27,29-31,36-37H,11-13H2,1H3,(H2,32,38)/t18?,19-,20?,21?,22+,23-,24-,27-,29?,30-,31?/m1/s1. The molecule has 7 rings (SSSR count). The third-order valence-electron chi connectivity index (χ3n) is 8.39. The highest BCUT2D eigenvalue weighted by Gasteiger charge is 2.55. The molecule has 11 atom stereocenters. The number of benzene rings is 2. The van der Waals surface area contributed by atoms with Gasteiger partial charge in [-0.1, -0.05) is 42.5 Å². The number of nitrogens with two attached hydrogens (primary N) is 1. The molecule has 4 aliphatic rings. The van der Waals surface area contributed by atoms with Crippen LogP contribution in [0.25, 0.3) is 0 Å². The number of aliphatic hydroxyl groups excluding tert-OH is 2. The number of aliphatic hydroxyl groups is 2. The van der Waals surface area contributed by atoms with E-state index in [0.29, 0.717) is 5.56 Å². The van der Waals surface area contributed by atoms with E-state index in [9.17, 15) is 19.8 Å². The molecule has 0 saturated carbocycles. The van der Waals surface area contributed by atoms with Crippen molar-refractivity contribution in [1.29, 1.82) is 0 Å². The molecule has 4 saturated heterocycles. The lowest BCUT2D eigenvalue weighted by atomic mass is 9.98. The van der Waals surface area contributed by atoms with Gasteiger partial charge in [-0.25, -0.2) is 14.5 Å². The fourth-order valence-corrected chi connectivity index (χ4v) is 5.93. The summed E-state index contributed by atoms with van der Waals surface area (Å²) in [6.07, 6.45) is -7.58. The number of rotatable bonds is 10. The second-order valence-electron chi connectivity index (χ2n) is 11.5. The number of carbonyl (C=O) groups excluding carboxylic acids is 2. The SMILES string of the molecule is COC1O[C@@H]2[C@H](O1)[C@@H](COC(=O)c1ccc(CO[C@@H]3OC4COC(c5ccccc5)O[C@@H]4C(O)C3O)cc1)O[C@H]2n1cnc(C(N)=O)n1. The number of nitrogens with zero attached hydrogens (tertiary/aromatic N) is 3. The average Bonchev–Trinajstić information content (AvgIpc) is 3.85. The van der Waals surface area contributed by atoms with E-state index in [2.05, 4.69) is 10.1 Å². The van der Waals surface area contributed by atoms with Crippen LogP contribution >= 0.6 is 0 Å². The maximum Gasteiger partial charge on any atom is 0.338 e. The van der Waals surface area contributed by atoms with Crippen LogP contribution in [0.2, 0.25) is 0 Å². The highest BCUT2D eigenvalue weighted by molar-refractivity contribution is 5.89. The molecule has 17 nitrogen and oxygen atoms in total. The maximum atomic E-state index is 12.9. The van der Waals surface area contributed by atoms with Crippen LogP contribution in [0.15, 0.2) is 60.9 Å². The first-order valence-corrected chi connectivity index (χ1v) is 15.2. The summed E-state index contributed by atoms with van der Waals surface area (Å²) in [5, 5.41) is 25.6. The summed E-state index contributed by atoms with van der Waals surface area (Å²) in [5.41, 5.74) is 6.99. The Bertz CT molecular complexity index is 1570. The van der Waals surface area contributed by atoms with Gasteiger partial charge in [0.15, 0.2) is 18.8 Å². The van der Waals surface area contributed by atoms with Gasteiger partial charge in [0.2, 0.25) is 5.82 Å². The van der Waals surface area contributed by atoms with E-state index >= 15 is 0 Å². The first-order chi connectivity index (χ1) is 23.3. The van der Waals surface area contributed by atoms with Gasteiger partial charge in [0.1, 0.15) is 55.7 Å². The summed E-state index contributed by atoms with van der Waals surface area (Å²) < 4.78 is 52.9. The van der Waals surface area contributed by atoms with Gasteiger partial charge in [-0.05, 0) is 17.7 Å². The Kier molecular flexibility index (Phi) is 9.47. The summed E-state index contributed by atoms with van der Waals surface area (Å²) >= 11 is 0. The predicted octanol–water partition coefficient (Wildman–Crippen LogP) is -0.0771. The summed E-state index contributed by atoms with van der Waals surface area (Å²) in [6.45, 7) is -0.992. The van der Waals surface area contributed by atoms with Crippen molar-refractivity contribution in [3.05, 3.63) is 83.4 Å². The van der Waals surface area contributed by atoms with Crippen LogP contribution in [0, 0.1) is 0 Å². The van der Waals surface area contributed by atoms with Crippen LogP contribution in [0.4, 0.5) is 0 Å². The zero-order valence-electron chi connectivity index (χ0n) is 25.5. The zero-order valence-corrected chi connectivity index (χ0v) is 25.5. The van der Waals surface area contributed by atoms with Crippen molar-refractivity contribution in [2.24, 2.45) is 5.73 Å². The normalized spacial score (nSPS) is 34.4. The molecule has 5 heterocycles. The minimum absolute atomic E-state index is 0.0215. The lowest BCUT2D eigenvalue weighted by molar-refractivity contribution is -0.362. The van der Waals surface area contributed by atoms with Gasteiger partial charge in [-0.3, -0.25) is 4.79 Å². The molecule has 4 fully saturated rings. The van der Waals surface area contributed by atoms with Crippen molar-refractivity contribution in [1.82, 2.24) is 14.8 Å². The number of primary amides is 1. The van der Waals surface area contributed by atoms with Gasteiger partial charge in [-0.2, -0.15) is 0 Å². The number of fused-ring (bicyclic) bond motifs is 2. The van der Waals surface area contributed by atoms with E-state index in [4.69, 9.17) is 48.4 Å². The Morgan fingerprint density at radius 3 is 2.46 bits per heavy atom. The monoisotopic (exact) mass is 670 g/mol. The average molecular weight is 671 g/mol. The molecule has 5 unspecified atom stereocenters. The molecule has 3 aromatic rings. The molecule has 2 aromatic carbocycles. The third-order valence-corrected chi connectivity index (χ3v) is 8.39. The van der Waals surface area contributed by atoms with Gasteiger partial charge in [-0.15, -0.1) is 5.10 Å². The highest BCUT2D eigenvalue weighted by atomic mass is 16.9. The smallest absolute Gasteiger partial charge is 0.338 e. The molecular formula is C31H34N4O13. The number of methoxy groups -OCH3 is 1. The Morgan fingerprint density at radius 1 is 0.958 bits per heavy atom. The lowest BCUT2D eigenvalue weighted by Gasteiger charge is -2.46. The zero-order chi connectivity index (χ0) is 33.4. The molecule has 0 aliphatic carbocycles. The van der Waals surface area contributed by atoms with Crippen molar-refractivity contribution in [3.8, 4) is 0 Å². The Balaban J connectivity index is 0.910. The fraction of sp³-hybridized carbons (Fsp3) is 0.484. The Morgan fingerprint density at radius 2 is 1.73 bits per heavy atom. The summed E-state index contributed by atoms with van der Waals surface area (Å²) in [4.78, 5) is 28.2. The van der Waals surface area contributed by atoms with E-state index in [1.165, 1.54) is 18.1 Å². The molecule has 17 heteroatoms. The number of hydrogen-bond acceptors (Lipinski definition) is 15. The number of ether oxygens (including phenoxy) is 9. The lowest BCUT2D eigenvalue weighted by Crippen LogP contribution is -2.62. The maximum absolute atomic E-state index is 12.9. The molecule has 1 amide bonds. The third kappa shape index (κ3) is 6.57. The van der Waals surface area contributed by atoms with Crippen LogP contribution in [0.5, 0.6) is 0 Å². The van der Waals surface area contributed by atoms with Crippen molar-refractivity contribution >= 4 is 11.9 Å². The summed E-state index contributed by atoms with van der Waals surface area (Å²) in [5.74, 6) is -1.61. The van der Waals surface area contributed by atoms with Gasteiger partial charge >= 0.3 is 5.97 Å². The molecular weight excluding hydrogens is 636 g/mol. The van der Waals surface area contributed by atoms with Gasteiger partial charge in [0.25, 0.3) is 12.4 Å². The molecule has 0 spiro atoms. The van der Waals surface area contributed by atoms with E-state index in [0.717, 1.165) is 5.56 Å². The van der Waals surface area contributed by atoms with E-state index in [1.54, 1.807) is 24.3 Å². The molecule has 4 aliphatic heterocycles. The molecule has 0 radical (unpaired) electrons. The largest absolute Gasteiger partial charge is 0.459 e. The number of carbonyl (C=O) groups is 2. The second kappa shape index (κ2) is 13.9. The number of aromatic nitrogens is 3. The molecule has 256 valence electrons. The quantitative estimate of drug-likeness (QED) is 0.241. The van der Waals surface area contributed by atoms with Gasteiger partial charge in [0, 0.05) is 12.7 Å². The number of amides is 1. The molecule has 1 aromatic heterocycles. The van der Waals surface area contributed by atoms with E-state index in [-0.39, 0.29) is 31.2 Å². The molecule has 0 bridgehead atoms. The van der Waals surface area contributed by atoms with Crippen LogP contribution in [0.1, 0.15) is 44.6 Å². The van der Waals surface area contributed by atoms with Crippen LogP contribution < -0.4 is 5.73 Å². The topological polar surface area (TPSA) is 214 Å². The van der Waals surface area contributed by atoms with E-state index in [1.807, 2.05) is 30.3 Å². The van der Waals surface area contributed by atoms with E-state index < -0.39 is 79.9 Å². The molecule has 4 N–H and O–H groups in total. The van der Waals surface area contributed by atoms with Crippen molar-refractivity contribution in [2.45, 2.75) is 74.6 Å². The van der Waals surface area contributed by atoms with Crippen LogP contribution in [-0.4, -0.2) is 113 Å². The summed E-state index contributed by atoms with van der Waals surface area (Å²) in [6, 6.07) is 15.8. The Hall–Kier alpha value is -3.88. The number of esters is 1. The van der Waals surface area contributed by atoms with Crippen LogP contribution in [-0.2, 0) is 49.2 Å². The predicted molar refractivity (Wildman–Crippen MR) is 155 cm³/mol. The minimum Gasteiger partial charge on any atom is -0.459 e. The van der Waals surface area contributed by atoms with Crippen molar-refractivity contribution < 1.29 is 62.4 Å². The molecule has 48 heavy (non-hydrogen) atoms. The summed E-state index contributed by atoms with van der Waals surface area (Å²) in [7, 11) is 1.41. The van der Waals surface area contributed by atoms with Crippen molar-refractivity contribution in [3.63, 3.8) is 0 Å². The minimum atomic E-state index is -1.37. The second-order valence-corrected chi connectivity index (χ2v) is 11.5. The van der Waals surface area contributed by atoms with Gasteiger partial charge in [0.05, 0.1) is 18.8 Å². The van der Waals surface area contributed by atoms with Gasteiger partial charge < -0.3 is 58.6 Å². The van der Waals surface area contributed by atoms with Crippen molar-refractivity contribution in [2.75, 3.05) is 20.3 Å². The fourth-order valence-electron chi connectivity index (χ4n) is 5.93. The first kappa shape index (κ1) is 32.7. The first-order valence-electron chi connectivity index (χ1n) is 15.2. The number of hydrogen-bond donors (Lipinski definition) is 3.